The number of likely N-dealkylation sites (tertiary alicyclic amines) is 1. The molecule has 2 amide bonds. The molecule has 1 unspecified atom stereocenters. The van der Waals surface area contributed by atoms with Crippen LogP contribution in [0.4, 0.5) is 0 Å². The van der Waals surface area contributed by atoms with Gasteiger partial charge in [-0.2, -0.15) is 0 Å². The minimum absolute atomic E-state index is 0.0393. The van der Waals surface area contributed by atoms with Crippen molar-refractivity contribution in [3.8, 4) is 0 Å². The lowest BCUT2D eigenvalue weighted by atomic mass is 9.96. The van der Waals surface area contributed by atoms with Crippen LogP contribution in [0.5, 0.6) is 0 Å². The predicted molar refractivity (Wildman–Crippen MR) is 82.7 cm³/mol. The van der Waals surface area contributed by atoms with Gasteiger partial charge in [0.2, 0.25) is 5.91 Å². The number of carbonyl (C=O) groups is 3. The Bertz CT molecular complexity index is 562. The van der Waals surface area contributed by atoms with E-state index in [1.165, 1.54) is 0 Å². The summed E-state index contributed by atoms with van der Waals surface area (Å²) in [7, 11) is 0. The summed E-state index contributed by atoms with van der Waals surface area (Å²) >= 11 is 0. The van der Waals surface area contributed by atoms with E-state index in [2.05, 4.69) is 10.3 Å². The summed E-state index contributed by atoms with van der Waals surface area (Å²) in [5.74, 6) is -1.30. The normalized spacial score (nSPS) is 17.6. The van der Waals surface area contributed by atoms with Crippen molar-refractivity contribution in [1.82, 2.24) is 15.2 Å². The number of aliphatic carboxylic acids is 1. The van der Waals surface area contributed by atoms with Crippen LogP contribution in [0.3, 0.4) is 0 Å². The van der Waals surface area contributed by atoms with Crippen LogP contribution in [-0.2, 0) is 9.59 Å². The first-order valence-corrected chi connectivity index (χ1v) is 7.76. The summed E-state index contributed by atoms with van der Waals surface area (Å²) < 4.78 is 0. The molecule has 7 heteroatoms. The first kappa shape index (κ1) is 16.9. The zero-order valence-corrected chi connectivity index (χ0v) is 12.9. The number of nitrogens with zero attached hydrogens (tertiary/aromatic N) is 2. The Morgan fingerprint density at radius 1 is 1.30 bits per heavy atom. The van der Waals surface area contributed by atoms with Crippen molar-refractivity contribution >= 4 is 17.8 Å². The van der Waals surface area contributed by atoms with E-state index in [0.29, 0.717) is 31.6 Å². The van der Waals surface area contributed by atoms with E-state index in [1.807, 2.05) is 0 Å². The molecular formula is C16H21N3O4. The van der Waals surface area contributed by atoms with Crippen molar-refractivity contribution in [2.75, 3.05) is 19.6 Å². The van der Waals surface area contributed by atoms with Crippen molar-refractivity contribution < 1.29 is 19.5 Å². The molecule has 1 aromatic heterocycles. The maximum Gasteiger partial charge on any atom is 0.303 e. The highest BCUT2D eigenvalue weighted by atomic mass is 16.4. The standard InChI is InChI=1S/C16H21N3O4/c20-14(21)4-1-7-18-15(22)13-3-2-10-19(11-13)16(23)12-5-8-17-9-6-12/h5-6,8-9,13H,1-4,7,10-11H2,(H,18,22)(H,20,21). The van der Waals surface area contributed by atoms with Crippen LogP contribution in [0.1, 0.15) is 36.0 Å². The number of carboxylic acid groups (broad SMARTS) is 1. The molecule has 2 heterocycles. The number of hydrogen-bond acceptors (Lipinski definition) is 4. The van der Waals surface area contributed by atoms with Gasteiger partial charge in [0, 0.05) is 44.0 Å². The minimum Gasteiger partial charge on any atom is -0.481 e. The monoisotopic (exact) mass is 319 g/mol. The van der Waals surface area contributed by atoms with Crippen LogP contribution < -0.4 is 5.32 Å². The molecule has 1 atom stereocenters. The average molecular weight is 319 g/mol. The highest BCUT2D eigenvalue weighted by molar-refractivity contribution is 5.94. The van der Waals surface area contributed by atoms with E-state index in [0.717, 1.165) is 12.8 Å². The molecule has 1 aliphatic rings. The van der Waals surface area contributed by atoms with Gasteiger partial charge in [-0.3, -0.25) is 19.4 Å². The highest BCUT2D eigenvalue weighted by Crippen LogP contribution is 2.18. The zero-order valence-electron chi connectivity index (χ0n) is 12.9. The Morgan fingerprint density at radius 2 is 2.04 bits per heavy atom. The molecule has 1 aliphatic heterocycles. The van der Waals surface area contributed by atoms with Gasteiger partial charge >= 0.3 is 5.97 Å². The molecular weight excluding hydrogens is 298 g/mol. The number of rotatable bonds is 6. The second-order valence-corrected chi connectivity index (χ2v) is 5.61. The smallest absolute Gasteiger partial charge is 0.303 e. The molecule has 0 spiro atoms. The lowest BCUT2D eigenvalue weighted by Gasteiger charge is -2.32. The first-order chi connectivity index (χ1) is 11.1. The minimum atomic E-state index is -0.869. The number of carboxylic acids is 1. The predicted octanol–water partition coefficient (Wildman–Crippen LogP) is 0.915. The summed E-state index contributed by atoms with van der Waals surface area (Å²) in [5.41, 5.74) is 0.572. The van der Waals surface area contributed by atoms with E-state index in [9.17, 15) is 14.4 Å². The number of pyridine rings is 1. The molecule has 1 fully saturated rings. The lowest BCUT2D eigenvalue weighted by Crippen LogP contribution is -2.45. The second kappa shape index (κ2) is 8.26. The molecule has 0 bridgehead atoms. The first-order valence-electron chi connectivity index (χ1n) is 7.76. The molecule has 124 valence electrons. The van der Waals surface area contributed by atoms with Crippen LogP contribution in [0, 0.1) is 5.92 Å². The largest absolute Gasteiger partial charge is 0.481 e. The second-order valence-electron chi connectivity index (χ2n) is 5.61. The summed E-state index contributed by atoms with van der Waals surface area (Å²) in [6.45, 7) is 1.38. The summed E-state index contributed by atoms with van der Waals surface area (Å²) in [5, 5.41) is 11.3. The van der Waals surface area contributed by atoms with Crippen molar-refractivity contribution in [2.24, 2.45) is 5.92 Å². The number of nitrogens with one attached hydrogen (secondary N) is 1. The fourth-order valence-corrected chi connectivity index (χ4v) is 2.65. The van der Waals surface area contributed by atoms with Gasteiger partial charge in [0.15, 0.2) is 0 Å². The van der Waals surface area contributed by atoms with E-state index < -0.39 is 5.97 Å². The SMILES string of the molecule is O=C(O)CCCNC(=O)C1CCCN(C(=O)c2ccncc2)C1. The molecule has 1 saturated heterocycles. The van der Waals surface area contributed by atoms with Gasteiger partial charge in [-0.1, -0.05) is 0 Å². The summed E-state index contributed by atoms with van der Waals surface area (Å²) in [6, 6.07) is 3.33. The van der Waals surface area contributed by atoms with Crippen LogP contribution >= 0.6 is 0 Å². The number of hydrogen-bond donors (Lipinski definition) is 2. The van der Waals surface area contributed by atoms with Crippen LogP contribution in [0.2, 0.25) is 0 Å². The van der Waals surface area contributed by atoms with E-state index in [4.69, 9.17) is 5.11 Å². The molecule has 0 saturated carbocycles. The van der Waals surface area contributed by atoms with Crippen LogP contribution in [-0.4, -0.2) is 52.4 Å². The lowest BCUT2D eigenvalue weighted by molar-refractivity contribution is -0.137. The highest BCUT2D eigenvalue weighted by Gasteiger charge is 2.28. The topological polar surface area (TPSA) is 99.6 Å². The Balaban J connectivity index is 1.84. The summed E-state index contributed by atoms with van der Waals surface area (Å²) in [6.07, 6.45) is 5.12. The van der Waals surface area contributed by atoms with E-state index in [-0.39, 0.29) is 24.2 Å². The Kier molecular flexibility index (Phi) is 6.08. The molecule has 2 rings (SSSR count). The van der Waals surface area contributed by atoms with Gasteiger partial charge in [-0.05, 0) is 31.4 Å². The molecule has 0 aromatic carbocycles. The number of amides is 2. The quantitative estimate of drug-likeness (QED) is 0.759. The third kappa shape index (κ3) is 5.05. The third-order valence-electron chi connectivity index (χ3n) is 3.87. The Labute approximate surface area is 134 Å². The Morgan fingerprint density at radius 3 is 2.74 bits per heavy atom. The summed E-state index contributed by atoms with van der Waals surface area (Å²) in [4.78, 5) is 40.6. The maximum atomic E-state index is 12.4. The maximum absolute atomic E-state index is 12.4. The molecule has 1 aromatic rings. The van der Waals surface area contributed by atoms with Gasteiger partial charge in [-0.15, -0.1) is 0 Å². The average Bonchev–Trinajstić information content (AvgIpc) is 2.58. The molecule has 23 heavy (non-hydrogen) atoms. The van der Waals surface area contributed by atoms with Gasteiger partial charge in [0.1, 0.15) is 0 Å². The van der Waals surface area contributed by atoms with Crippen LogP contribution in [0.15, 0.2) is 24.5 Å². The molecule has 2 N–H and O–H groups in total. The number of carbonyl (C=O) groups excluding carboxylic acids is 2. The van der Waals surface area contributed by atoms with Gasteiger partial charge in [0.25, 0.3) is 5.91 Å². The van der Waals surface area contributed by atoms with Gasteiger partial charge < -0.3 is 15.3 Å². The number of piperidine rings is 1. The van der Waals surface area contributed by atoms with Gasteiger partial charge in [0.05, 0.1) is 5.92 Å². The van der Waals surface area contributed by atoms with E-state index >= 15 is 0 Å². The number of aromatic nitrogens is 1. The van der Waals surface area contributed by atoms with Crippen molar-refractivity contribution in [2.45, 2.75) is 25.7 Å². The molecule has 0 aliphatic carbocycles. The zero-order chi connectivity index (χ0) is 16.7. The van der Waals surface area contributed by atoms with E-state index in [1.54, 1.807) is 29.4 Å². The van der Waals surface area contributed by atoms with Crippen molar-refractivity contribution in [3.63, 3.8) is 0 Å². The molecule has 0 radical (unpaired) electrons. The Hall–Kier alpha value is -2.44. The van der Waals surface area contributed by atoms with Crippen molar-refractivity contribution in [1.29, 1.82) is 0 Å². The fourth-order valence-electron chi connectivity index (χ4n) is 2.65. The van der Waals surface area contributed by atoms with Crippen LogP contribution in [0.25, 0.3) is 0 Å². The van der Waals surface area contributed by atoms with Gasteiger partial charge in [-0.25, -0.2) is 0 Å². The fraction of sp³-hybridized carbons (Fsp3) is 0.500. The molecule has 7 nitrogen and oxygen atoms in total. The third-order valence-corrected chi connectivity index (χ3v) is 3.87. The van der Waals surface area contributed by atoms with Crippen molar-refractivity contribution in [3.05, 3.63) is 30.1 Å².